The maximum Gasteiger partial charge on any atom is 0.472 e. The van der Waals surface area contributed by atoms with Gasteiger partial charge in [0.25, 0.3) is 0 Å². The molecule has 0 bridgehead atoms. The molecule has 0 rings (SSSR count). The zero-order valence-corrected chi connectivity index (χ0v) is 39.6. The number of carboxylic acids is 1. The fraction of sp³-hybridized carbons (Fsp3) is 0.978. The third-order valence-corrected chi connectivity index (χ3v) is 12.7. The summed E-state index contributed by atoms with van der Waals surface area (Å²) < 4.78 is 34.4. The Labute approximate surface area is 351 Å². The van der Waals surface area contributed by atoms with E-state index < -0.39 is 38.1 Å². The molecule has 0 fully saturated rings. The van der Waals surface area contributed by atoms with E-state index in [1.54, 1.807) is 0 Å². The second kappa shape index (κ2) is 33.1. The van der Waals surface area contributed by atoms with Crippen molar-refractivity contribution in [2.24, 2.45) is 47.2 Å². The Morgan fingerprint density at radius 2 is 0.965 bits per heavy atom. The summed E-state index contributed by atoms with van der Waals surface area (Å²) in [6, 6.07) is -1.45. The van der Waals surface area contributed by atoms with Gasteiger partial charge < -0.3 is 30.3 Å². The van der Waals surface area contributed by atoms with E-state index in [9.17, 15) is 19.4 Å². The van der Waals surface area contributed by atoms with E-state index in [-0.39, 0.29) is 19.8 Å². The van der Waals surface area contributed by atoms with Crippen LogP contribution in [-0.2, 0) is 27.9 Å². The number of rotatable bonds is 40. The van der Waals surface area contributed by atoms with Crippen molar-refractivity contribution in [3.63, 3.8) is 0 Å². The number of aliphatic carboxylic acids is 1. The van der Waals surface area contributed by atoms with E-state index in [0.29, 0.717) is 31.3 Å². The van der Waals surface area contributed by atoms with Crippen molar-refractivity contribution in [2.75, 3.05) is 33.0 Å². The van der Waals surface area contributed by atoms with Crippen molar-refractivity contribution in [3.05, 3.63) is 0 Å². The molecule has 5 N–H and O–H groups in total. The number of hydrogen-bond acceptors (Lipinski definition) is 8. The first kappa shape index (κ1) is 56.4. The summed E-state index contributed by atoms with van der Waals surface area (Å²) >= 11 is 0. The van der Waals surface area contributed by atoms with Gasteiger partial charge in [0.05, 0.1) is 25.4 Å². The number of ether oxygens (including phenoxy) is 2. The molecule has 9 atom stereocenters. The SMILES string of the molecule is CC(C)CCC[C@@H](C)CCC[C@@H](C)CCC[C@@H](C)CCOC[C@@H](COP(=O)(O)OC[C@H](N)C(=O)O)OCC[C@](C)(O)CCC[C@H](C)CCC[C@H](C)CCCC(C)C. The van der Waals surface area contributed by atoms with E-state index >= 15 is 0 Å². The fourth-order valence-corrected chi connectivity index (χ4v) is 8.20. The minimum atomic E-state index is -4.58. The maximum absolute atomic E-state index is 12.5. The van der Waals surface area contributed by atoms with Gasteiger partial charge in [0, 0.05) is 13.2 Å². The minimum absolute atomic E-state index is 0.143. The number of phosphoric ester groups is 1. The smallest absolute Gasteiger partial charge is 0.472 e. The van der Waals surface area contributed by atoms with Crippen LogP contribution in [0.15, 0.2) is 0 Å². The Balaban J connectivity index is 4.68. The third kappa shape index (κ3) is 35.8. The summed E-state index contributed by atoms with van der Waals surface area (Å²) in [5.74, 6) is 3.74. The number of carbonyl (C=O) groups is 1. The van der Waals surface area contributed by atoms with Gasteiger partial charge >= 0.3 is 13.8 Å². The first-order valence-electron chi connectivity index (χ1n) is 23.2. The lowest BCUT2D eigenvalue weighted by atomic mass is 9.89. The van der Waals surface area contributed by atoms with Gasteiger partial charge in [-0.3, -0.25) is 13.8 Å². The van der Waals surface area contributed by atoms with Crippen molar-refractivity contribution in [3.8, 4) is 0 Å². The monoisotopic (exact) mass is 836 g/mol. The number of nitrogens with two attached hydrogens (primary N) is 1. The van der Waals surface area contributed by atoms with Crippen LogP contribution in [0.25, 0.3) is 0 Å². The highest BCUT2D eigenvalue weighted by Gasteiger charge is 2.27. The molecular weight excluding hydrogens is 741 g/mol. The third-order valence-electron chi connectivity index (χ3n) is 11.8. The van der Waals surface area contributed by atoms with Crippen LogP contribution < -0.4 is 5.73 Å². The number of phosphoric acid groups is 1. The van der Waals surface area contributed by atoms with Crippen LogP contribution in [0.4, 0.5) is 0 Å². The molecular formula is C46H94NO9P. The lowest BCUT2D eigenvalue weighted by Crippen LogP contribution is -2.34. The maximum atomic E-state index is 12.5. The lowest BCUT2D eigenvalue weighted by Gasteiger charge is -2.26. The molecule has 0 radical (unpaired) electrons. The van der Waals surface area contributed by atoms with Crippen molar-refractivity contribution >= 4 is 13.8 Å². The molecule has 342 valence electrons. The topological polar surface area (TPSA) is 158 Å². The van der Waals surface area contributed by atoms with Crippen LogP contribution in [0.2, 0.25) is 0 Å². The van der Waals surface area contributed by atoms with Gasteiger partial charge in [-0.25, -0.2) is 4.57 Å². The van der Waals surface area contributed by atoms with Crippen molar-refractivity contribution in [2.45, 2.75) is 215 Å². The second-order valence-corrected chi connectivity index (χ2v) is 20.9. The molecule has 0 amide bonds. The van der Waals surface area contributed by atoms with Gasteiger partial charge in [-0.15, -0.1) is 0 Å². The predicted octanol–water partition coefficient (Wildman–Crippen LogP) is 12.0. The molecule has 0 aliphatic heterocycles. The van der Waals surface area contributed by atoms with Gasteiger partial charge in [0.1, 0.15) is 12.1 Å². The summed E-state index contributed by atoms with van der Waals surface area (Å²) in [5, 5.41) is 20.1. The van der Waals surface area contributed by atoms with E-state index in [1.165, 1.54) is 89.9 Å². The molecule has 0 heterocycles. The van der Waals surface area contributed by atoms with Crippen LogP contribution >= 0.6 is 7.82 Å². The number of aliphatic hydroxyl groups is 1. The molecule has 0 aliphatic carbocycles. The van der Waals surface area contributed by atoms with Crippen molar-refractivity contribution < 1.29 is 43.0 Å². The molecule has 0 aliphatic rings. The summed E-state index contributed by atoms with van der Waals surface area (Å²) in [6.45, 7) is 22.7. The van der Waals surface area contributed by atoms with E-state index in [4.69, 9.17) is 29.4 Å². The Morgan fingerprint density at radius 3 is 1.39 bits per heavy atom. The average Bonchev–Trinajstić information content (AvgIpc) is 3.10. The highest BCUT2D eigenvalue weighted by atomic mass is 31.2. The van der Waals surface area contributed by atoms with Gasteiger partial charge in [0.15, 0.2) is 0 Å². The van der Waals surface area contributed by atoms with Crippen LogP contribution in [0, 0.1) is 41.4 Å². The Kier molecular flexibility index (Phi) is 32.8. The standard InChI is InChI=1S/C46H94NO9P/c1-36(2)17-11-19-38(5)21-13-23-40(7)24-15-26-42(9)28-31-53-33-43(34-55-57(51,52)56-35-44(47)45(48)49)54-32-30-46(10,50)29-16-27-41(8)25-14-22-39(6)20-12-18-37(3)4/h36-44,50H,11-35,47H2,1-10H3,(H,48,49)(H,51,52)/t38-,39-,40-,41-,42-,43+,44+,46-/m1/s1. The zero-order chi connectivity index (χ0) is 43.3. The van der Waals surface area contributed by atoms with Crippen LogP contribution in [-0.4, -0.2) is 71.9 Å². The molecule has 0 aromatic heterocycles. The van der Waals surface area contributed by atoms with E-state index in [1.807, 2.05) is 6.92 Å². The normalized spacial score (nSPS) is 18.2. The molecule has 1 unspecified atom stereocenters. The molecule has 0 aromatic rings. The summed E-state index contributed by atoms with van der Waals surface area (Å²) in [7, 11) is -4.58. The van der Waals surface area contributed by atoms with Gasteiger partial charge in [-0.05, 0) is 67.6 Å². The highest BCUT2D eigenvalue weighted by Crippen LogP contribution is 2.43. The van der Waals surface area contributed by atoms with Gasteiger partial charge in [-0.1, -0.05) is 171 Å². The van der Waals surface area contributed by atoms with Crippen LogP contribution in [0.5, 0.6) is 0 Å². The van der Waals surface area contributed by atoms with E-state index in [2.05, 4.69) is 62.3 Å². The molecule has 57 heavy (non-hydrogen) atoms. The first-order chi connectivity index (χ1) is 26.7. The van der Waals surface area contributed by atoms with Crippen LogP contribution in [0.3, 0.4) is 0 Å². The van der Waals surface area contributed by atoms with Crippen molar-refractivity contribution in [1.29, 1.82) is 0 Å². The van der Waals surface area contributed by atoms with Crippen LogP contribution in [0.1, 0.15) is 198 Å². The highest BCUT2D eigenvalue weighted by molar-refractivity contribution is 7.47. The van der Waals surface area contributed by atoms with Crippen molar-refractivity contribution in [1.82, 2.24) is 0 Å². The number of hydrogen-bond donors (Lipinski definition) is 4. The Morgan fingerprint density at radius 1 is 0.579 bits per heavy atom. The molecule has 11 heteroatoms. The lowest BCUT2D eigenvalue weighted by molar-refractivity contribution is -0.139. The quantitative estimate of drug-likeness (QED) is 0.0346. The number of carboxylic acid groups (broad SMARTS) is 1. The predicted molar refractivity (Wildman–Crippen MR) is 236 cm³/mol. The van der Waals surface area contributed by atoms with Gasteiger partial charge in [-0.2, -0.15) is 0 Å². The molecule has 0 saturated heterocycles. The molecule has 10 nitrogen and oxygen atoms in total. The summed E-state index contributed by atoms with van der Waals surface area (Å²) in [4.78, 5) is 21.1. The zero-order valence-electron chi connectivity index (χ0n) is 38.7. The molecule has 0 aromatic carbocycles. The second-order valence-electron chi connectivity index (χ2n) is 19.5. The fourth-order valence-electron chi connectivity index (χ4n) is 7.42. The Hall–Kier alpha value is -0.580. The molecule has 0 saturated carbocycles. The average molecular weight is 836 g/mol. The van der Waals surface area contributed by atoms with E-state index in [0.717, 1.165) is 55.3 Å². The first-order valence-corrected chi connectivity index (χ1v) is 24.7. The minimum Gasteiger partial charge on any atom is -0.480 e. The summed E-state index contributed by atoms with van der Waals surface area (Å²) in [5.41, 5.74) is 4.51. The molecule has 0 spiro atoms. The largest absolute Gasteiger partial charge is 0.480 e. The van der Waals surface area contributed by atoms with Gasteiger partial charge in [0.2, 0.25) is 0 Å². The summed E-state index contributed by atoms with van der Waals surface area (Å²) in [6.07, 6.45) is 22.7. The Bertz CT molecular complexity index is 1010.